The highest BCUT2D eigenvalue weighted by Gasteiger charge is 2.02. The van der Waals surface area contributed by atoms with E-state index in [0.29, 0.717) is 12.5 Å². The number of hydrogen-bond acceptors (Lipinski definition) is 6. The summed E-state index contributed by atoms with van der Waals surface area (Å²) in [7, 11) is 1.47. The van der Waals surface area contributed by atoms with Crippen molar-refractivity contribution in [1.29, 1.82) is 0 Å². The Kier molecular flexibility index (Phi) is 3.22. The van der Waals surface area contributed by atoms with Gasteiger partial charge < -0.3 is 15.8 Å². The third-order valence-corrected chi connectivity index (χ3v) is 1.36. The van der Waals surface area contributed by atoms with Gasteiger partial charge in [0.25, 0.3) is 0 Å². The number of anilines is 2. The molecule has 0 saturated carbocycles. The fraction of sp³-hybridized carbons (Fsp3) is 0.375. The number of nitrogens with two attached hydrogens (primary N) is 1. The molecule has 3 N–H and O–H groups in total. The molecule has 14 heavy (non-hydrogen) atoms. The molecule has 0 aliphatic heterocycles. The zero-order chi connectivity index (χ0) is 10.6. The minimum absolute atomic E-state index is 0.126. The first-order valence-corrected chi connectivity index (χ1v) is 4.05. The summed E-state index contributed by atoms with van der Waals surface area (Å²) in [5.74, 6) is 0.512. The number of ether oxygens (including phenoxy) is 1. The molecule has 0 spiro atoms. The van der Waals surface area contributed by atoms with Gasteiger partial charge >= 0.3 is 6.01 Å². The Bertz CT molecular complexity index is 339. The van der Waals surface area contributed by atoms with Crippen molar-refractivity contribution in [2.24, 2.45) is 0 Å². The van der Waals surface area contributed by atoms with Crippen LogP contribution in [0.15, 0.2) is 12.2 Å². The van der Waals surface area contributed by atoms with Crippen LogP contribution >= 0.6 is 0 Å². The van der Waals surface area contributed by atoms with Crippen LogP contribution in [-0.2, 0) is 0 Å². The van der Waals surface area contributed by atoms with Crippen molar-refractivity contribution >= 4 is 11.9 Å². The topological polar surface area (TPSA) is 86.0 Å². The number of methoxy groups -OCH3 is 1. The maximum atomic E-state index is 5.44. The first kappa shape index (κ1) is 10.2. The number of nitrogen functional groups attached to an aromatic ring is 1. The summed E-state index contributed by atoms with van der Waals surface area (Å²) in [6.45, 7) is 6.23. The minimum atomic E-state index is 0.126. The summed E-state index contributed by atoms with van der Waals surface area (Å²) in [5, 5.41) is 2.94. The van der Waals surface area contributed by atoms with Gasteiger partial charge in [0.15, 0.2) is 0 Å². The first-order valence-electron chi connectivity index (χ1n) is 4.05. The van der Waals surface area contributed by atoms with Crippen LogP contribution in [0.4, 0.5) is 11.9 Å². The van der Waals surface area contributed by atoms with Crippen molar-refractivity contribution in [1.82, 2.24) is 15.0 Å². The highest BCUT2D eigenvalue weighted by Crippen LogP contribution is 2.07. The van der Waals surface area contributed by atoms with Crippen molar-refractivity contribution in [3.63, 3.8) is 0 Å². The van der Waals surface area contributed by atoms with Gasteiger partial charge in [0.1, 0.15) is 0 Å². The van der Waals surface area contributed by atoms with E-state index in [1.165, 1.54) is 7.11 Å². The zero-order valence-electron chi connectivity index (χ0n) is 8.24. The number of hydrogen-bond donors (Lipinski definition) is 2. The Labute approximate surface area is 82.2 Å². The molecule has 0 aliphatic rings. The molecule has 0 aliphatic carbocycles. The second kappa shape index (κ2) is 4.40. The molecule has 6 nitrogen and oxygen atoms in total. The molecule has 0 fully saturated rings. The summed E-state index contributed by atoms with van der Waals surface area (Å²) in [5.41, 5.74) is 6.41. The van der Waals surface area contributed by atoms with Crippen molar-refractivity contribution in [2.45, 2.75) is 6.92 Å². The lowest BCUT2D eigenvalue weighted by Gasteiger charge is -2.05. The fourth-order valence-corrected chi connectivity index (χ4v) is 0.772. The molecular formula is C8H13N5O. The van der Waals surface area contributed by atoms with Crippen LogP contribution in [0.5, 0.6) is 6.01 Å². The van der Waals surface area contributed by atoms with Gasteiger partial charge in [-0.25, -0.2) is 0 Å². The molecule has 0 unspecified atom stereocenters. The maximum absolute atomic E-state index is 5.44. The van der Waals surface area contributed by atoms with E-state index in [0.717, 1.165) is 5.57 Å². The predicted molar refractivity (Wildman–Crippen MR) is 54.1 cm³/mol. The number of nitrogens with one attached hydrogen (secondary N) is 1. The average Bonchev–Trinajstić information content (AvgIpc) is 2.14. The van der Waals surface area contributed by atoms with E-state index in [2.05, 4.69) is 26.8 Å². The molecule has 1 heterocycles. The van der Waals surface area contributed by atoms with Crippen molar-refractivity contribution in [3.05, 3.63) is 12.2 Å². The lowest BCUT2D eigenvalue weighted by molar-refractivity contribution is 0.380. The van der Waals surface area contributed by atoms with Crippen LogP contribution in [-0.4, -0.2) is 28.6 Å². The quantitative estimate of drug-likeness (QED) is 0.678. The highest BCUT2D eigenvalue weighted by molar-refractivity contribution is 5.33. The van der Waals surface area contributed by atoms with E-state index < -0.39 is 0 Å². The Balaban J connectivity index is 2.76. The SMILES string of the molecule is C=C(C)CNc1nc(N)nc(OC)n1. The van der Waals surface area contributed by atoms with E-state index in [-0.39, 0.29) is 12.0 Å². The van der Waals surface area contributed by atoms with E-state index >= 15 is 0 Å². The van der Waals surface area contributed by atoms with Gasteiger partial charge in [-0.1, -0.05) is 12.2 Å². The maximum Gasteiger partial charge on any atom is 0.322 e. The Morgan fingerprint density at radius 2 is 2.21 bits per heavy atom. The second-order valence-electron chi connectivity index (χ2n) is 2.81. The molecule has 0 amide bonds. The zero-order valence-corrected chi connectivity index (χ0v) is 8.24. The van der Waals surface area contributed by atoms with E-state index in [1.807, 2.05) is 6.92 Å². The van der Waals surface area contributed by atoms with Gasteiger partial charge in [0.05, 0.1) is 7.11 Å². The standard InChI is InChI=1S/C8H13N5O/c1-5(2)4-10-7-11-6(9)12-8(13-7)14-3/h1,4H2,2-3H3,(H3,9,10,11,12,13). The Morgan fingerprint density at radius 1 is 1.50 bits per heavy atom. The lowest BCUT2D eigenvalue weighted by atomic mass is 10.3. The molecule has 76 valence electrons. The van der Waals surface area contributed by atoms with Crippen LogP contribution in [0.1, 0.15) is 6.92 Å². The molecule has 1 aromatic heterocycles. The van der Waals surface area contributed by atoms with Crippen LogP contribution in [0.3, 0.4) is 0 Å². The molecule has 0 aromatic carbocycles. The Morgan fingerprint density at radius 3 is 2.79 bits per heavy atom. The van der Waals surface area contributed by atoms with E-state index in [1.54, 1.807) is 0 Å². The fourth-order valence-electron chi connectivity index (χ4n) is 0.772. The van der Waals surface area contributed by atoms with E-state index in [4.69, 9.17) is 10.5 Å². The summed E-state index contributed by atoms with van der Waals surface area (Å²) in [6.07, 6.45) is 0. The molecule has 1 rings (SSSR count). The highest BCUT2D eigenvalue weighted by atomic mass is 16.5. The number of rotatable bonds is 4. The lowest BCUT2D eigenvalue weighted by Crippen LogP contribution is -2.09. The molecule has 6 heteroatoms. The Hall–Kier alpha value is -1.85. The molecule has 0 bridgehead atoms. The monoisotopic (exact) mass is 195 g/mol. The second-order valence-corrected chi connectivity index (χ2v) is 2.81. The summed E-state index contributed by atoms with van der Waals surface area (Å²) < 4.78 is 4.84. The van der Waals surface area contributed by atoms with Crippen LogP contribution < -0.4 is 15.8 Å². The molecule has 0 saturated heterocycles. The number of aromatic nitrogens is 3. The van der Waals surface area contributed by atoms with Gasteiger partial charge in [-0.05, 0) is 6.92 Å². The predicted octanol–water partition coefficient (Wildman–Crippen LogP) is 0.450. The third-order valence-electron chi connectivity index (χ3n) is 1.36. The van der Waals surface area contributed by atoms with Gasteiger partial charge in [-0.15, -0.1) is 0 Å². The molecule has 0 atom stereocenters. The normalized spacial score (nSPS) is 9.57. The summed E-state index contributed by atoms with van der Waals surface area (Å²) in [4.78, 5) is 11.6. The number of nitrogens with zero attached hydrogens (tertiary/aromatic N) is 3. The van der Waals surface area contributed by atoms with Gasteiger partial charge in [-0.2, -0.15) is 15.0 Å². The van der Waals surface area contributed by atoms with Crippen molar-refractivity contribution in [2.75, 3.05) is 24.7 Å². The van der Waals surface area contributed by atoms with Gasteiger partial charge in [-0.3, -0.25) is 0 Å². The summed E-state index contributed by atoms with van der Waals surface area (Å²) >= 11 is 0. The van der Waals surface area contributed by atoms with Gasteiger partial charge in [0, 0.05) is 6.54 Å². The summed E-state index contributed by atoms with van der Waals surface area (Å²) in [6, 6.07) is 0.196. The van der Waals surface area contributed by atoms with Crippen molar-refractivity contribution in [3.8, 4) is 6.01 Å². The first-order chi connectivity index (χ1) is 6.61. The third kappa shape index (κ3) is 2.89. The smallest absolute Gasteiger partial charge is 0.322 e. The van der Waals surface area contributed by atoms with Crippen LogP contribution in [0.25, 0.3) is 0 Å². The molecular weight excluding hydrogens is 182 g/mol. The minimum Gasteiger partial charge on any atom is -0.467 e. The van der Waals surface area contributed by atoms with Crippen molar-refractivity contribution < 1.29 is 4.74 Å². The largest absolute Gasteiger partial charge is 0.467 e. The van der Waals surface area contributed by atoms with Crippen LogP contribution in [0, 0.1) is 0 Å². The van der Waals surface area contributed by atoms with Gasteiger partial charge in [0.2, 0.25) is 11.9 Å². The molecule has 0 radical (unpaired) electrons. The van der Waals surface area contributed by atoms with Crippen LogP contribution in [0.2, 0.25) is 0 Å². The molecule has 1 aromatic rings. The van der Waals surface area contributed by atoms with E-state index in [9.17, 15) is 0 Å². The average molecular weight is 195 g/mol.